The van der Waals surface area contributed by atoms with Crippen LogP contribution in [-0.4, -0.2) is 35.7 Å². The van der Waals surface area contributed by atoms with Gasteiger partial charge in [0.1, 0.15) is 0 Å². The zero-order valence-corrected chi connectivity index (χ0v) is 11.8. The minimum atomic E-state index is -0.161. The molecule has 1 aromatic carbocycles. The smallest absolute Gasteiger partial charge is 0.0558 e. The van der Waals surface area contributed by atoms with Crippen molar-refractivity contribution in [2.75, 3.05) is 13.6 Å². The minimum absolute atomic E-state index is 0.161. The van der Waals surface area contributed by atoms with Crippen molar-refractivity contribution in [1.82, 2.24) is 4.90 Å². The third-order valence-corrected chi connectivity index (χ3v) is 3.99. The fraction of sp³-hybridized carbons (Fsp3) is 0.529. The summed E-state index contributed by atoms with van der Waals surface area (Å²) in [5.74, 6) is 0. The van der Waals surface area contributed by atoms with Crippen molar-refractivity contribution in [2.24, 2.45) is 0 Å². The number of likely N-dealkylation sites (tertiary alicyclic amines) is 1. The third kappa shape index (κ3) is 4.81. The van der Waals surface area contributed by atoms with E-state index in [0.717, 1.165) is 19.3 Å². The molecule has 104 valence electrons. The lowest BCUT2D eigenvalue weighted by Crippen LogP contribution is -2.28. The quantitative estimate of drug-likeness (QED) is 0.847. The Kier molecular flexibility index (Phi) is 5.62. The van der Waals surface area contributed by atoms with Crippen LogP contribution < -0.4 is 0 Å². The van der Waals surface area contributed by atoms with E-state index in [-0.39, 0.29) is 6.10 Å². The van der Waals surface area contributed by atoms with Crippen LogP contribution in [0.5, 0.6) is 0 Å². The van der Waals surface area contributed by atoms with Crippen LogP contribution in [0.2, 0.25) is 0 Å². The molecule has 1 heterocycles. The Morgan fingerprint density at radius 3 is 2.84 bits per heavy atom. The van der Waals surface area contributed by atoms with Crippen LogP contribution in [0.4, 0.5) is 0 Å². The molecule has 1 N–H and O–H groups in total. The normalized spacial score (nSPS) is 22.1. The van der Waals surface area contributed by atoms with E-state index in [9.17, 15) is 5.11 Å². The van der Waals surface area contributed by atoms with E-state index in [4.69, 9.17) is 0 Å². The first-order chi connectivity index (χ1) is 9.25. The van der Waals surface area contributed by atoms with Gasteiger partial charge in [0.25, 0.3) is 0 Å². The van der Waals surface area contributed by atoms with Gasteiger partial charge in [0.2, 0.25) is 0 Å². The Morgan fingerprint density at radius 1 is 1.37 bits per heavy atom. The molecule has 2 heteroatoms. The molecular weight excluding hydrogens is 234 g/mol. The lowest BCUT2D eigenvalue weighted by Gasteiger charge is -2.22. The molecule has 2 rings (SSSR count). The molecule has 1 fully saturated rings. The van der Waals surface area contributed by atoms with Crippen LogP contribution >= 0.6 is 0 Å². The van der Waals surface area contributed by atoms with E-state index in [0.29, 0.717) is 6.04 Å². The van der Waals surface area contributed by atoms with Crippen molar-refractivity contribution < 1.29 is 5.11 Å². The molecule has 2 atom stereocenters. The number of hydrogen-bond acceptors (Lipinski definition) is 2. The van der Waals surface area contributed by atoms with E-state index in [1.807, 2.05) is 18.2 Å². The van der Waals surface area contributed by atoms with Crippen LogP contribution in [0.15, 0.2) is 36.4 Å². The highest BCUT2D eigenvalue weighted by Crippen LogP contribution is 2.20. The van der Waals surface area contributed by atoms with E-state index >= 15 is 0 Å². The summed E-state index contributed by atoms with van der Waals surface area (Å²) in [7, 11) is 2.17. The highest BCUT2D eigenvalue weighted by atomic mass is 16.3. The van der Waals surface area contributed by atoms with Crippen LogP contribution in [0, 0.1) is 0 Å². The van der Waals surface area contributed by atoms with Gasteiger partial charge < -0.3 is 10.0 Å². The maximum atomic E-state index is 10.1. The molecule has 0 bridgehead atoms. The molecule has 0 amide bonds. The number of rotatable bonds is 6. The maximum Gasteiger partial charge on any atom is 0.0558 e. The fourth-order valence-corrected chi connectivity index (χ4v) is 2.78. The number of aliphatic hydroxyl groups is 1. The topological polar surface area (TPSA) is 23.5 Å². The summed E-state index contributed by atoms with van der Waals surface area (Å²) < 4.78 is 0. The molecule has 1 aliphatic rings. The number of aliphatic hydroxyl groups excluding tert-OH is 1. The number of allylic oxidation sites excluding steroid dienone is 1. The second-order valence-corrected chi connectivity index (χ2v) is 5.56. The van der Waals surface area contributed by atoms with E-state index in [1.54, 1.807) is 0 Å². The number of benzene rings is 1. The first-order valence-corrected chi connectivity index (χ1v) is 7.35. The summed E-state index contributed by atoms with van der Waals surface area (Å²) in [4.78, 5) is 2.38. The number of hydrogen-bond donors (Lipinski definition) is 1. The Bertz CT molecular complexity index is 388. The summed E-state index contributed by atoms with van der Waals surface area (Å²) in [5.41, 5.74) is 1.23. The fourth-order valence-electron chi connectivity index (χ4n) is 2.78. The molecule has 0 saturated carbocycles. The molecule has 0 spiro atoms. The third-order valence-electron chi connectivity index (χ3n) is 3.99. The first kappa shape index (κ1) is 14.3. The summed E-state index contributed by atoms with van der Waals surface area (Å²) in [6.45, 7) is 1.19. The summed E-state index contributed by atoms with van der Waals surface area (Å²) >= 11 is 0. The van der Waals surface area contributed by atoms with Gasteiger partial charge in [0, 0.05) is 6.04 Å². The summed E-state index contributed by atoms with van der Waals surface area (Å²) in [6.07, 6.45) is 9.40. The second-order valence-electron chi connectivity index (χ2n) is 5.56. The van der Waals surface area contributed by atoms with Crippen molar-refractivity contribution in [3.8, 4) is 0 Å². The first-order valence-electron chi connectivity index (χ1n) is 7.35. The Balaban J connectivity index is 1.66. The van der Waals surface area contributed by atoms with Crippen LogP contribution in [-0.2, 0) is 0 Å². The van der Waals surface area contributed by atoms with E-state index in [1.165, 1.54) is 24.9 Å². The van der Waals surface area contributed by atoms with Crippen molar-refractivity contribution in [2.45, 2.75) is 44.2 Å². The lowest BCUT2D eigenvalue weighted by molar-refractivity contribution is 0.122. The van der Waals surface area contributed by atoms with Crippen LogP contribution in [0.25, 0.3) is 6.08 Å². The summed E-state index contributed by atoms with van der Waals surface area (Å²) in [6, 6.07) is 10.9. The second kappa shape index (κ2) is 7.46. The largest absolute Gasteiger partial charge is 0.393 e. The minimum Gasteiger partial charge on any atom is -0.393 e. The highest BCUT2D eigenvalue weighted by Gasteiger charge is 2.22. The van der Waals surface area contributed by atoms with Gasteiger partial charge >= 0.3 is 0 Å². The van der Waals surface area contributed by atoms with Gasteiger partial charge in [-0.1, -0.05) is 42.5 Å². The lowest BCUT2D eigenvalue weighted by atomic mass is 10.0. The van der Waals surface area contributed by atoms with Crippen LogP contribution in [0.3, 0.4) is 0 Å². The molecule has 0 aromatic heterocycles. The van der Waals surface area contributed by atoms with Crippen molar-refractivity contribution in [3.05, 3.63) is 42.0 Å². The van der Waals surface area contributed by atoms with Gasteiger partial charge in [0.05, 0.1) is 6.10 Å². The highest BCUT2D eigenvalue weighted by molar-refractivity contribution is 5.48. The zero-order chi connectivity index (χ0) is 13.5. The van der Waals surface area contributed by atoms with Gasteiger partial charge in [-0.3, -0.25) is 0 Å². The average molecular weight is 259 g/mol. The van der Waals surface area contributed by atoms with Crippen LogP contribution in [0.1, 0.15) is 37.7 Å². The Morgan fingerprint density at radius 2 is 2.16 bits per heavy atom. The van der Waals surface area contributed by atoms with Crippen molar-refractivity contribution >= 4 is 6.08 Å². The standard InChI is InChI=1S/C17H25NO/c1-18-13-7-11-16(18)14-17(19)12-6-5-10-15-8-3-2-4-9-15/h2-5,8-10,16-17,19H,6-7,11-14H2,1H3/t16-,17-/m1/s1. The maximum absolute atomic E-state index is 10.1. The molecule has 19 heavy (non-hydrogen) atoms. The Hall–Kier alpha value is -1.12. The Labute approximate surface area is 116 Å². The molecule has 1 saturated heterocycles. The van der Waals surface area contributed by atoms with Gasteiger partial charge in [0.15, 0.2) is 0 Å². The molecule has 0 radical (unpaired) electrons. The predicted octanol–water partition coefficient (Wildman–Crippen LogP) is 3.33. The van der Waals surface area contributed by atoms with Gasteiger partial charge in [-0.15, -0.1) is 0 Å². The summed E-state index contributed by atoms with van der Waals surface area (Å²) in [5, 5.41) is 10.1. The SMILES string of the molecule is CN1CCC[C@@H]1C[C@H](O)CCC=Cc1ccccc1. The molecule has 1 aromatic rings. The van der Waals surface area contributed by atoms with E-state index < -0.39 is 0 Å². The molecule has 0 unspecified atom stereocenters. The molecule has 2 nitrogen and oxygen atoms in total. The van der Waals surface area contributed by atoms with Crippen molar-refractivity contribution in [3.63, 3.8) is 0 Å². The monoisotopic (exact) mass is 259 g/mol. The number of nitrogens with zero attached hydrogens (tertiary/aromatic N) is 1. The van der Waals surface area contributed by atoms with Gasteiger partial charge in [-0.2, -0.15) is 0 Å². The van der Waals surface area contributed by atoms with Crippen molar-refractivity contribution in [1.29, 1.82) is 0 Å². The van der Waals surface area contributed by atoms with E-state index in [2.05, 4.69) is 36.2 Å². The van der Waals surface area contributed by atoms with Gasteiger partial charge in [-0.25, -0.2) is 0 Å². The average Bonchev–Trinajstić information content (AvgIpc) is 2.82. The zero-order valence-electron chi connectivity index (χ0n) is 11.8. The molecule has 1 aliphatic heterocycles. The molecular formula is C17H25NO. The predicted molar refractivity (Wildman–Crippen MR) is 81.0 cm³/mol. The molecule has 0 aliphatic carbocycles. The van der Waals surface area contributed by atoms with Gasteiger partial charge in [-0.05, 0) is 51.3 Å².